The van der Waals surface area contributed by atoms with Crippen molar-refractivity contribution < 1.29 is 4.79 Å². The third-order valence-electron chi connectivity index (χ3n) is 6.53. The van der Waals surface area contributed by atoms with E-state index >= 15 is 0 Å². The second-order valence-corrected chi connectivity index (χ2v) is 8.67. The van der Waals surface area contributed by atoms with Crippen LogP contribution in [0.1, 0.15) is 41.1 Å². The third-order valence-corrected chi connectivity index (χ3v) is 6.53. The molecule has 4 rings (SSSR count). The van der Waals surface area contributed by atoms with Crippen LogP contribution < -0.4 is 5.56 Å². The molecule has 0 radical (unpaired) electrons. The van der Waals surface area contributed by atoms with Gasteiger partial charge in [0.1, 0.15) is 0 Å². The van der Waals surface area contributed by atoms with Gasteiger partial charge < -0.3 is 14.4 Å². The van der Waals surface area contributed by atoms with E-state index in [1.807, 2.05) is 4.90 Å². The van der Waals surface area contributed by atoms with Crippen LogP contribution in [-0.2, 0) is 7.05 Å². The van der Waals surface area contributed by atoms with Gasteiger partial charge in [0.05, 0.1) is 5.56 Å². The highest BCUT2D eigenvalue weighted by atomic mass is 16.2. The highest BCUT2D eigenvalue weighted by Gasteiger charge is 2.42. The van der Waals surface area contributed by atoms with Gasteiger partial charge in [-0.15, -0.1) is 0 Å². The largest absolute Gasteiger partial charge is 0.339 e. The Kier molecular flexibility index (Phi) is 5.11. The lowest BCUT2D eigenvalue weighted by Gasteiger charge is -2.49. The maximum absolute atomic E-state index is 12.9. The minimum atomic E-state index is -0.0913. The van der Waals surface area contributed by atoms with Crippen LogP contribution in [0.3, 0.4) is 0 Å². The molecular weight excluding hydrogens is 350 g/mol. The average molecular weight is 380 g/mol. The van der Waals surface area contributed by atoms with Gasteiger partial charge >= 0.3 is 0 Å². The Morgan fingerprint density at radius 3 is 2.43 bits per heavy atom. The fraction of sp³-hybridized carbons (Fsp3) is 0.478. The lowest BCUT2D eigenvalue weighted by molar-refractivity contribution is 0.0224. The molecule has 2 fully saturated rings. The number of rotatable bonds is 2. The maximum Gasteiger partial charge on any atom is 0.255 e. The molecule has 0 N–H and O–H groups in total. The second-order valence-electron chi connectivity index (χ2n) is 8.67. The number of aromatic nitrogens is 1. The molecule has 1 atom stereocenters. The van der Waals surface area contributed by atoms with E-state index in [0.29, 0.717) is 11.5 Å². The van der Waals surface area contributed by atoms with Crippen LogP contribution in [0, 0.1) is 5.41 Å². The molecule has 5 heteroatoms. The molecule has 0 aliphatic carbocycles. The number of carbonyl (C=O) groups excluding carboxylic acids is 1. The summed E-state index contributed by atoms with van der Waals surface area (Å²) in [7, 11) is 3.91. The average Bonchev–Trinajstić information content (AvgIpc) is 2.70. The van der Waals surface area contributed by atoms with Gasteiger partial charge in [-0.05, 0) is 49.3 Å². The van der Waals surface area contributed by atoms with Gasteiger partial charge in [0, 0.05) is 45.5 Å². The zero-order valence-corrected chi connectivity index (χ0v) is 16.8. The van der Waals surface area contributed by atoms with Crippen molar-refractivity contribution in [3.8, 4) is 0 Å². The van der Waals surface area contributed by atoms with E-state index < -0.39 is 0 Å². The summed E-state index contributed by atoms with van der Waals surface area (Å²) in [4.78, 5) is 28.9. The molecule has 2 aliphatic heterocycles. The molecule has 148 valence electrons. The number of carbonyl (C=O) groups is 1. The predicted octanol–water partition coefficient (Wildman–Crippen LogP) is 2.73. The van der Waals surface area contributed by atoms with Crippen LogP contribution in [-0.4, -0.2) is 53.5 Å². The smallest absolute Gasteiger partial charge is 0.255 e. The molecule has 1 aromatic heterocycles. The fourth-order valence-electron chi connectivity index (χ4n) is 5.06. The van der Waals surface area contributed by atoms with Crippen LogP contribution in [0.2, 0.25) is 0 Å². The number of likely N-dealkylation sites (N-methyl/N-ethyl adjacent to an activating group) is 1. The zero-order valence-electron chi connectivity index (χ0n) is 16.8. The van der Waals surface area contributed by atoms with E-state index in [9.17, 15) is 9.59 Å². The fourth-order valence-corrected chi connectivity index (χ4v) is 5.06. The Morgan fingerprint density at radius 1 is 1.04 bits per heavy atom. The lowest BCUT2D eigenvalue weighted by atomic mass is 9.68. The molecule has 0 bridgehead atoms. The molecule has 1 aromatic carbocycles. The zero-order chi connectivity index (χ0) is 19.7. The van der Waals surface area contributed by atoms with Gasteiger partial charge in [-0.1, -0.05) is 30.3 Å². The van der Waals surface area contributed by atoms with E-state index in [0.717, 1.165) is 39.0 Å². The van der Waals surface area contributed by atoms with Crippen molar-refractivity contribution >= 4 is 5.91 Å². The van der Waals surface area contributed by atoms with Gasteiger partial charge in [-0.3, -0.25) is 9.59 Å². The Bertz CT molecular complexity index is 898. The first-order valence-corrected chi connectivity index (χ1v) is 10.2. The molecule has 0 unspecified atom stereocenters. The Labute approximate surface area is 166 Å². The van der Waals surface area contributed by atoms with Crippen LogP contribution in [0.15, 0.2) is 53.5 Å². The van der Waals surface area contributed by atoms with E-state index in [2.05, 4.69) is 42.3 Å². The monoisotopic (exact) mass is 379 g/mol. The number of nitrogens with zero attached hydrogens (tertiary/aromatic N) is 3. The van der Waals surface area contributed by atoms with Gasteiger partial charge in [-0.2, -0.15) is 0 Å². The lowest BCUT2D eigenvalue weighted by Crippen LogP contribution is -2.51. The highest BCUT2D eigenvalue weighted by molar-refractivity contribution is 5.94. The predicted molar refractivity (Wildman–Crippen MR) is 111 cm³/mol. The number of hydrogen-bond donors (Lipinski definition) is 0. The van der Waals surface area contributed by atoms with Gasteiger partial charge in [0.25, 0.3) is 5.91 Å². The van der Waals surface area contributed by atoms with Gasteiger partial charge in [-0.25, -0.2) is 0 Å². The summed E-state index contributed by atoms with van der Waals surface area (Å²) in [5.74, 6) is 0.597. The van der Waals surface area contributed by atoms with E-state index in [4.69, 9.17) is 0 Å². The molecule has 5 nitrogen and oxygen atoms in total. The summed E-state index contributed by atoms with van der Waals surface area (Å²) in [6, 6.07) is 13.9. The molecule has 1 amide bonds. The molecule has 3 heterocycles. The number of piperidine rings is 2. The highest BCUT2D eigenvalue weighted by Crippen LogP contribution is 2.44. The number of pyridine rings is 1. The quantitative estimate of drug-likeness (QED) is 0.806. The number of benzene rings is 1. The van der Waals surface area contributed by atoms with Crippen molar-refractivity contribution in [1.29, 1.82) is 0 Å². The minimum Gasteiger partial charge on any atom is -0.339 e. The number of hydrogen-bond acceptors (Lipinski definition) is 3. The Hall–Kier alpha value is -2.40. The maximum atomic E-state index is 12.9. The molecule has 1 spiro atoms. The van der Waals surface area contributed by atoms with E-state index in [-0.39, 0.29) is 16.9 Å². The molecule has 0 saturated carbocycles. The molecule has 2 aliphatic rings. The second kappa shape index (κ2) is 7.55. The van der Waals surface area contributed by atoms with Crippen LogP contribution >= 0.6 is 0 Å². The summed E-state index contributed by atoms with van der Waals surface area (Å²) in [6.45, 7) is 3.79. The van der Waals surface area contributed by atoms with Crippen molar-refractivity contribution in [2.45, 2.75) is 25.2 Å². The standard InChI is InChI=1S/C23H29N3O2/c1-24-15-20(18-6-4-3-5-7-18)14-23(17-24)10-12-26(13-11-23)22(28)19-8-9-21(27)25(2)16-19/h3-9,16,20H,10-15,17H2,1-2H3/t20-/m1/s1. The van der Waals surface area contributed by atoms with Crippen LogP contribution in [0.25, 0.3) is 0 Å². The molecular formula is C23H29N3O2. The van der Waals surface area contributed by atoms with Crippen molar-refractivity contribution in [2.24, 2.45) is 12.5 Å². The minimum absolute atomic E-state index is 0.0363. The number of likely N-dealkylation sites (tertiary alicyclic amines) is 2. The summed E-state index contributed by atoms with van der Waals surface area (Å²) in [6.07, 6.45) is 4.93. The van der Waals surface area contributed by atoms with E-state index in [1.165, 1.54) is 22.6 Å². The van der Waals surface area contributed by atoms with Crippen molar-refractivity contribution in [1.82, 2.24) is 14.4 Å². The Morgan fingerprint density at radius 2 is 1.75 bits per heavy atom. The molecule has 2 aromatic rings. The SMILES string of the molecule is CN1C[C@H](c2ccccc2)CC2(CCN(C(=O)c3ccc(=O)n(C)c3)CC2)C1. The first kappa shape index (κ1) is 18.9. The van der Waals surface area contributed by atoms with Crippen molar-refractivity contribution in [2.75, 3.05) is 33.2 Å². The topological polar surface area (TPSA) is 45.6 Å². The van der Waals surface area contributed by atoms with Crippen LogP contribution in [0.4, 0.5) is 0 Å². The molecule has 28 heavy (non-hydrogen) atoms. The summed E-state index contributed by atoms with van der Waals surface area (Å²) in [5.41, 5.74) is 2.22. The summed E-state index contributed by atoms with van der Waals surface area (Å²) in [5, 5.41) is 0. The van der Waals surface area contributed by atoms with Crippen molar-refractivity contribution in [3.63, 3.8) is 0 Å². The summed E-state index contributed by atoms with van der Waals surface area (Å²) >= 11 is 0. The van der Waals surface area contributed by atoms with Crippen LogP contribution in [0.5, 0.6) is 0 Å². The molecule has 2 saturated heterocycles. The van der Waals surface area contributed by atoms with E-state index in [1.54, 1.807) is 19.3 Å². The first-order chi connectivity index (χ1) is 13.5. The number of amides is 1. The van der Waals surface area contributed by atoms with Gasteiger partial charge in [0.2, 0.25) is 5.56 Å². The normalized spacial score (nSPS) is 22.4. The third kappa shape index (κ3) is 3.76. The first-order valence-electron chi connectivity index (χ1n) is 10.2. The van der Waals surface area contributed by atoms with Crippen molar-refractivity contribution in [3.05, 3.63) is 70.1 Å². The van der Waals surface area contributed by atoms with Gasteiger partial charge in [0.15, 0.2) is 0 Å². The summed E-state index contributed by atoms with van der Waals surface area (Å²) < 4.78 is 1.47. The number of aryl methyl sites for hydroxylation is 1. The Balaban J connectivity index is 1.45.